The molecule has 0 aromatic heterocycles. The maximum atomic E-state index is 5.63. The zero-order chi connectivity index (χ0) is 13.0. The maximum Gasteiger partial charge on any atom is 0.0576 e. The molecule has 1 aromatic carbocycles. The van der Waals surface area contributed by atoms with Crippen molar-refractivity contribution in [2.45, 2.75) is 45.6 Å². The Hall–Kier alpha value is -0.540. The number of nitrogens with one attached hydrogen (secondary N) is 1. The van der Waals surface area contributed by atoms with Crippen molar-refractivity contribution < 1.29 is 4.74 Å². The van der Waals surface area contributed by atoms with Gasteiger partial charge in [0.2, 0.25) is 0 Å². The lowest BCUT2D eigenvalue weighted by Gasteiger charge is -2.12. The number of anilines is 1. The fraction of sp³-hybridized carbons (Fsp3) is 0.600. The second-order valence-corrected chi connectivity index (χ2v) is 5.92. The van der Waals surface area contributed by atoms with Gasteiger partial charge in [0.25, 0.3) is 0 Å². The highest BCUT2D eigenvalue weighted by Gasteiger charge is 2.14. The van der Waals surface area contributed by atoms with E-state index in [1.165, 1.54) is 47.0 Å². The first-order valence-electron chi connectivity index (χ1n) is 6.79. The Labute approximate surface area is 118 Å². The fourth-order valence-electron chi connectivity index (χ4n) is 2.48. The molecule has 1 saturated heterocycles. The quantitative estimate of drug-likeness (QED) is 0.812. The number of halogens is 1. The summed E-state index contributed by atoms with van der Waals surface area (Å²) in [6, 6.07) is 4.40. The lowest BCUT2D eigenvalue weighted by atomic mass is 10.1. The normalized spacial score (nSPS) is 19.2. The summed E-state index contributed by atoms with van der Waals surface area (Å²) < 4.78 is 6.84. The van der Waals surface area contributed by atoms with E-state index < -0.39 is 0 Å². The minimum Gasteiger partial charge on any atom is -0.385 e. The molecule has 2 nitrogen and oxygen atoms in total. The third-order valence-corrected chi connectivity index (χ3v) is 4.74. The topological polar surface area (TPSA) is 21.3 Å². The monoisotopic (exact) mass is 311 g/mol. The van der Waals surface area contributed by atoms with Gasteiger partial charge in [-0.2, -0.15) is 0 Å². The van der Waals surface area contributed by atoms with E-state index in [1.54, 1.807) is 0 Å². The van der Waals surface area contributed by atoms with Crippen molar-refractivity contribution in [2.75, 3.05) is 18.5 Å². The first-order valence-corrected chi connectivity index (χ1v) is 7.58. The summed E-state index contributed by atoms with van der Waals surface area (Å²) in [5.41, 5.74) is 3.80. The number of aryl methyl sites for hydroxylation is 2. The summed E-state index contributed by atoms with van der Waals surface area (Å²) in [5.74, 6) is 0. The molecule has 1 heterocycles. The predicted octanol–water partition coefficient (Wildman–Crippen LogP) is 4.44. The van der Waals surface area contributed by atoms with Crippen molar-refractivity contribution in [1.82, 2.24) is 0 Å². The average Bonchev–Trinajstić information content (AvgIpc) is 2.84. The lowest BCUT2D eigenvalue weighted by Crippen LogP contribution is -2.09. The van der Waals surface area contributed by atoms with E-state index in [0.717, 1.165) is 13.2 Å². The van der Waals surface area contributed by atoms with Gasteiger partial charge in [0, 0.05) is 23.3 Å². The van der Waals surface area contributed by atoms with E-state index in [9.17, 15) is 0 Å². The van der Waals surface area contributed by atoms with Crippen molar-refractivity contribution in [3.63, 3.8) is 0 Å². The predicted molar refractivity (Wildman–Crippen MR) is 80.3 cm³/mol. The van der Waals surface area contributed by atoms with Crippen LogP contribution in [-0.2, 0) is 4.74 Å². The molecule has 1 atom stereocenters. The second-order valence-electron chi connectivity index (χ2n) is 5.13. The highest BCUT2D eigenvalue weighted by atomic mass is 79.9. The lowest BCUT2D eigenvalue weighted by molar-refractivity contribution is 0.103. The van der Waals surface area contributed by atoms with Crippen LogP contribution in [0.4, 0.5) is 5.69 Å². The maximum absolute atomic E-state index is 5.63. The molecule has 0 saturated carbocycles. The van der Waals surface area contributed by atoms with Crippen LogP contribution in [0.5, 0.6) is 0 Å². The number of ether oxygens (including phenoxy) is 1. The van der Waals surface area contributed by atoms with Crippen molar-refractivity contribution in [3.05, 3.63) is 27.7 Å². The van der Waals surface area contributed by atoms with Gasteiger partial charge in [-0.1, -0.05) is 15.9 Å². The summed E-state index contributed by atoms with van der Waals surface area (Å²) in [7, 11) is 0. The molecule has 18 heavy (non-hydrogen) atoms. The van der Waals surface area contributed by atoms with Crippen molar-refractivity contribution in [2.24, 2.45) is 0 Å². The van der Waals surface area contributed by atoms with E-state index in [1.807, 2.05) is 0 Å². The van der Waals surface area contributed by atoms with Gasteiger partial charge in [-0.05, 0) is 62.8 Å². The molecule has 1 N–H and O–H groups in total. The molecule has 0 aliphatic carbocycles. The van der Waals surface area contributed by atoms with Crippen LogP contribution in [0.1, 0.15) is 36.8 Å². The molecule has 1 unspecified atom stereocenters. The summed E-state index contributed by atoms with van der Waals surface area (Å²) in [4.78, 5) is 0. The molecule has 2 rings (SSSR count). The number of hydrogen-bond donors (Lipinski definition) is 1. The third-order valence-electron chi connectivity index (χ3n) is 3.49. The van der Waals surface area contributed by atoms with E-state index in [4.69, 9.17) is 4.74 Å². The highest BCUT2D eigenvalue weighted by Crippen LogP contribution is 2.25. The molecule has 0 radical (unpaired) electrons. The number of hydrogen-bond acceptors (Lipinski definition) is 2. The van der Waals surface area contributed by atoms with E-state index >= 15 is 0 Å². The minimum atomic E-state index is 0.514. The number of rotatable bonds is 5. The van der Waals surface area contributed by atoms with Gasteiger partial charge in [0.1, 0.15) is 0 Å². The van der Waals surface area contributed by atoms with Gasteiger partial charge in [0.05, 0.1) is 6.10 Å². The summed E-state index contributed by atoms with van der Waals surface area (Å²) in [6.45, 7) is 6.26. The van der Waals surface area contributed by atoms with Crippen LogP contribution in [0.25, 0.3) is 0 Å². The average molecular weight is 312 g/mol. The van der Waals surface area contributed by atoms with Gasteiger partial charge in [-0.25, -0.2) is 0 Å². The number of benzene rings is 1. The largest absolute Gasteiger partial charge is 0.385 e. The van der Waals surface area contributed by atoms with Crippen molar-refractivity contribution in [1.29, 1.82) is 0 Å². The Balaban J connectivity index is 1.76. The summed E-state index contributed by atoms with van der Waals surface area (Å²) in [5, 5.41) is 3.50. The molecule has 0 amide bonds. The molecular weight excluding hydrogens is 290 g/mol. The van der Waals surface area contributed by atoms with Gasteiger partial charge in [-0.15, -0.1) is 0 Å². The molecule has 0 bridgehead atoms. The smallest absolute Gasteiger partial charge is 0.0576 e. The molecule has 0 spiro atoms. The van der Waals surface area contributed by atoms with Crippen LogP contribution < -0.4 is 5.32 Å². The standard InChI is InChI=1S/C15H22BrNO/c1-11-9-13(10-12(2)15(11)16)17-7-3-5-14-6-4-8-18-14/h9-10,14,17H,3-8H2,1-2H3. The summed E-state index contributed by atoms with van der Waals surface area (Å²) in [6.07, 6.45) is 5.36. The SMILES string of the molecule is Cc1cc(NCCCC2CCCO2)cc(C)c1Br. The van der Waals surface area contributed by atoms with Gasteiger partial charge in [0.15, 0.2) is 0 Å². The molecule has 1 aliphatic rings. The minimum absolute atomic E-state index is 0.514. The molecule has 1 aromatic rings. The first-order chi connectivity index (χ1) is 8.66. The zero-order valence-corrected chi connectivity index (χ0v) is 12.8. The van der Waals surface area contributed by atoms with Gasteiger partial charge < -0.3 is 10.1 Å². The van der Waals surface area contributed by atoms with Crippen LogP contribution in [-0.4, -0.2) is 19.3 Å². The zero-order valence-electron chi connectivity index (χ0n) is 11.3. The molecule has 3 heteroatoms. The summed E-state index contributed by atoms with van der Waals surface area (Å²) >= 11 is 3.60. The van der Waals surface area contributed by atoms with E-state index in [-0.39, 0.29) is 0 Å². The Kier molecular flexibility index (Phi) is 5.07. The molecule has 100 valence electrons. The van der Waals surface area contributed by atoms with Crippen molar-refractivity contribution >= 4 is 21.6 Å². The Bertz CT molecular complexity index is 376. The molecular formula is C15H22BrNO. The van der Waals surface area contributed by atoms with E-state index in [2.05, 4.69) is 47.2 Å². The van der Waals surface area contributed by atoms with Gasteiger partial charge in [-0.3, -0.25) is 0 Å². The Morgan fingerprint density at radius 3 is 2.67 bits per heavy atom. The van der Waals surface area contributed by atoms with E-state index in [0.29, 0.717) is 6.10 Å². The van der Waals surface area contributed by atoms with Crippen LogP contribution in [0.15, 0.2) is 16.6 Å². The third kappa shape index (κ3) is 3.72. The Morgan fingerprint density at radius 2 is 2.06 bits per heavy atom. The Morgan fingerprint density at radius 1 is 1.33 bits per heavy atom. The van der Waals surface area contributed by atoms with Crippen molar-refractivity contribution in [3.8, 4) is 0 Å². The highest BCUT2D eigenvalue weighted by molar-refractivity contribution is 9.10. The molecule has 1 fully saturated rings. The van der Waals surface area contributed by atoms with Gasteiger partial charge >= 0.3 is 0 Å². The fourth-order valence-corrected chi connectivity index (χ4v) is 2.71. The second kappa shape index (κ2) is 6.58. The molecule has 1 aliphatic heterocycles. The van der Waals surface area contributed by atoms with Crippen LogP contribution in [0.2, 0.25) is 0 Å². The van der Waals surface area contributed by atoms with Crippen LogP contribution in [0.3, 0.4) is 0 Å². The van der Waals surface area contributed by atoms with Crippen LogP contribution >= 0.6 is 15.9 Å². The van der Waals surface area contributed by atoms with Crippen LogP contribution in [0, 0.1) is 13.8 Å². The first kappa shape index (κ1) is 13.9.